The Bertz CT molecular complexity index is 835. The SMILES string of the molecule is CCC(NS(=O)(=O)c1ccc(OC)c(C(=O)NC)c1)c1ccccc1. The van der Waals surface area contributed by atoms with Gasteiger partial charge in [-0.05, 0) is 30.2 Å². The highest BCUT2D eigenvalue weighted by molar-refractivity contribution is 7.89. The third kappa shape index (κ3) is 4.37. The van der Waals surface area contributed by atoms with E-state index in [1.165, 1.54) is 32.4 Å². The summed E-state index contributed by atoms with van der Waals surface area (Å²) in [6.45, 7) is 1.91. The Morgan fingerprint density at radius 2 is 1.84 bits per heavy atom. The van der Waals surface area contributed by atoms with E-state index in [1.54, 1.807) is 0 Å². The molecule has 1 atom stereocenters. The minimum Gasteiger partial charge on any atom is -0.496 e. The van der Waals surface area contributed by atoms with E-state index in [2.05, 4.69) is 10.0 Å². The lowest BCUT2D eigenvalue weighted by atomic mass is 10.1. The Labute approximate surface area is 148 Å². The first-order valence-corrected chi connectivity index (χ1v) is 9.38. The largest absolute Gasteiger partial charge is 0.496 e. The summed E-state index contributed by atoms with van der Waals surface area (Å²) in [7, 11) is -0.891. The van der Waals surface area contributed by atoms with Gasteiger partial charge in [-0.15, -0.1) is 0 Å². The molecule has 0 bridgehead atoms. The molecule has 2 aromatic rings. The molecule has 2 N–H and O–H groups in total. The molecule has 0 aliphatic rings. The fourth-order valence-corrected chi connectivity index (χ4v) is 3.83. The average molecular weight is 362 g/mol. The highest BCUT2D eigenvalue weighted by atomic mass is 32.2. The van der Waals surface area contributed by atoms with Crippen LogP contribution >= 0.6 is 0 Å². The number of hydrogen-bond donors (Lipinski definition) is 2. The zero-order valence-corrected chi connectivity index (χ0v) is 15.3. The van der Waals surface area contributed by atoms with Crippen LogP contribution in [0.4, 0.5) is 0 Å². The highest BCUT2D eigenvalue weighted by Crippen LogP contribution is 2.25. The summed E-state index contributed by atoms with van der Waals surface area (Å²) < 4.78 is 33.3. The van der Waals surface area contributed by atoms with Crippen molar-refractivity contribution < 1.29 is 17.9 Å². The Kier molecular flexibility index (Phi) is 6.17. The second kappa shape index (κ2) is 8.13. The number of hydrogen-bond acceptors (Lipinski definition) is 4. The number of carbonyl (C=O) groups is 1. The van der Waals surface area contributed by atoms with Gasteiger partial charge in [0, 0.05) is 13.1 Å². The second-order valence-electron chi connectivity index (χ2n) is 5.43. The van der Waals surface area contributed by atoms with Crippen molar-refractivity contribution in [3.05, 3.63) is 59.7 Å². The molecule has 1 amide bonds. The molecule has 0 radical (unpaired) electrons. The summed E-state index contributed by atoms with van der Waals surface area (Å²) in [4.78, 5) is 12.0. The minimum absolute atomic E-state index is 0.0151. The Morgan fingerprint density at radius 3 is 2.40 bits per heavy atom. The molecule has 0 fully saturated rings. The summed E-state index contributed by atoms with van der Waals surface area (Å²) in [5.74, 6) is -0.0996. The lowest BCUT2D eigenvalue weighted by Gasteiger charge is -2.18. The number of benzene rings is 2. The van der Waals surface area contributed by atoms with Crippen LogP contribution in [-0.2, 0) is 10.0 Å². The summed E-state index contributed by atoms with van der Waals surface area (Å²) in [6.07, 6.45) is 0.599. The van der Waals surface area contributed by atoms with Crippen molar-refractivity contribution in [1.82, 2.24) is 10.0 Å². The zero-order chi connectivity index (χ0) is 18.4. The van der Waals surface area contributed by atoms with Gasteiger partial charge in [0.1, 0.15) is 5.75 Å². The zero-order valence-electron chi connectivity index (χ0n) is 14.4. The van der Waals surface area contributed by atoms with Crippen LogP contribution in [0, 0.1) is 0 Å². The van der Waals surface area contributed by atoms with Gasteiger partial charge in [0.05, 0.1) is 17.6 Å². The molecule has 2 rings (SSSR count). The average Bonchev–Trinajstić information content (AvgIpc) is 2.65. The summed E-state index contributed by atoms with van der Waals surface area (Å²) in [5, 5.41) is 2.48. The topological polar surface area (TPSA) is 84.5 Å². The third-order valence-electron chi connectivity index (χ3n) is 3.86. The molecule has 25 heavy (non-hydrogen) atoms. The van der Waals surface area contributed by atoms with Gasteiger partial charge in [0.15, 0.2) is 0 Å². The molecule has 0 aliphatic heterocycles. The molecule has 0 heterocycles. The van der Waals surface area contributed by atoms with E-state index >= 15 is 0 Å². The second-order valence-corrected chi connectivity index (χ2v) is 7.15. The van der Waals surface area contributed by atoms with E-state index < -0.39 is 15.9 Å². The van der Waals surface area contributed by atoms with Crippen LogP contribution in [0.1, 0.15) is 35.3 Å². The quantitative estimate of drug-likeness (QED) is 0.792. The minimum atomic E-state index is -3.79. The molecular formula is C18H22N2O4S. The summed E-state index contributed by atoms with van der Waals surface area (Å²) >= 11 is 0. The standard InChI is InChI=1S/C18H22N2O4S/c1-4-16(13-8-6-5-7-9-13)20-25(22,23)14-10-11-17(24-3)15(12-14)18(21)19-2/h5-12,16,20H,4H2,1-3H3,(H,19,21). The number of rotatable bonds is 7. The van der Waals surface area contributed by atoms with Crippen molar-refractivity contribution in [3.63, 3.8) is 0 Å². The first-order valence-electron chi connectivity index (χ1n) is 7.90. The van der Waals surface area contributed by atoms with Crippen molar-refractivity contribution in [2.45, 2.75) is 24.3 Å². The van der Waals surface area contributed by atoms with Crippen LogP contribution in [0.2, 0.25) is 0 Å². The van der Waals surface area contributed by atoms with Crippen LogP contribution in [0.5, 0.6) is 5.75 Å². The Morgan fingerprint density at radius 1 is 1.16 bits per heavy atom. The maximum atomic E-state index is 12.8. The summed E-state index contributed by atoms with van der Waals surface area (Å²) in [5.41, 5.74) is 1.05. The number of amides is 1. The summed E-state index contributed by atoms with van der Waals surface area (Å²) in [6, 6.07) is 13.2. The molecule has 7 heteroatoms. The monoisotopic (exact) mass is 362 g/mol. The van der Waals surface area contributed by atoms with Gasteiger partial charge in [0.2, 0.25) is 10.0 Å². The highest BCUT2D eigenvalue weighted by Gasteiger charge is 2.23. The van der Waals surface area contributed by atoms with Gasteiger partial charge in [-0.25, -0.2) is 13.1 Å². The number of ether oxygens (including phenoxy) is 1. The fourth-order valence-electron chi connectivity index (χ4n) is 2.49. The third-order valence-corrected chi connectivity index (χ3v) is 5.33. The van der Waals surface area contributed by atoms with Gasteiger partial charge in [-0.1, -0.05) is 37.3 Å². The molecule has 0 aromatic heterocycles. The van der Waals surface area contributed by atoms with Crippen molar-refractivity contribution in [2.75, 3.05) is 14.2 Å². The number of methoxy groups -OCH3 is 1. The molecule has 1 unspecified atom stereocenters. The number of nitrogens with one attached hydrogen (secondary N) is 2. The van der Waals surface area contributed by atoms with E-state index in [0.29, 0.717) is 12.2 Å². The van der Waals surface area contributed by atoms with Crippen LogP contribution in [-0.4, -0.2) is 28.5 Å². The molecule has 0 spiro atoms. The van der Waals surface area contributed by atoms with Gasteiger partial charge in [-0.3, -0.25) is 4.79 Å². The van der Waals surface area contributed by atoms with E-state index in [4.69, 9.17) is 4.74 Å². The number of carbonyl (C=O) groups excluding carboxylic acids is 1. The van der Waals surface area contributed by atoms with Gasteiger partial charge >= 0.3 is 0 Å². The van der Waals surface area contributed by atoms with Crippen molar-refractivity contribution in [3.8, 4) is 5.75 Å². The molecular weight excluding hydrogens is 340 g/mol. The van der Waals surface area contributed by atoms with Crippen LogP contribution in [0.15, 0.2) is 53.4 Å². The maximum Gasteiger partial charge on any atom is 0.254 e. The van der Waals surface area contributed by atoms with E-state index in [0.717, 1.165) is 5.56 Å². The van der Waals surface area contributed by atoms with Gasteiger partial charge in [-0.2, -0.15) is 0 Å². The molecule has 134 valence electrons. The van der Waals surface area contributed by atoms with Crippen molar-refractivity contribution >= 4 is 15.9 Å². The number of sulfonamides is 1. The predicted molar refractivity (Wildman–Crippen MR) is 96.2 cm³/mol. The van der Waals surface area contributed by atoms with Crippen molar-refractivity contribution in [1.29, 1.82) is 0 Å². The molecule has 0 saturated heterocycles. The van der Waals surface area contributed by atoms with E-state index in [-0.39, 0.29) is 16.5 Å². The lowest BCUT2D eigenvalue weighted by Crippen LogP contribution is -2.29. The molecule has 0 saturated carbocycles. The van der Waals surface area contributed by atoms with Crippen LogP contribution < -0.4 is 14.8 Å². The lowest BCUT2D eigenvalue weighted by molar-refractivity contribution is 0.0960. The van der Waals surface area contributed by atoms with Crippen LogP contribution in [0.3, 0.4) is 0 Å². The first kappa shape index (κ1) is 19.0. The smallest absolute Gasteiger partial charge is 0.254 e. The fraction of sp³-hybridized carbons (Fsp3) is 0.278. The van der Waals surface area contributed by atoms with Crippen molar-refractivity contribution in [2.24, 2.45) is 0 Å². The van der Waals surface area contributed by atoms with Crippen LogP contribution in [0.25, 0.3) is 0 Å². The predicted octanol–water partition coefficient (Wildman–Crippen LogP) is 2.48. The molecule has 2 aromatic carbocycles. The Balaban J connectivity index is 2.37. The van der Waals surface area contributed by atoms with Gasteiger partial charge < -0.3 is 10.1 Å². The molecule has 6 nitrogen and oxygen atoms in total. The van der Waals surface area contributed by atoms with E-state index in [9.17, 15) is 13.2 Å². The normalized spacial score (nSPS) is 12.4. The molecule has 0 aliphatic carbocycles. The maximum absolute atomic E-state index is 12.8. The van der Waals surface area contributed by atoms with E-state index in [1.807, 2.05) is 37.3 Å². The van der Waals surface area contributed by atoms with Gasteiger partial charge in [0.25, 0.3) is 5.91 Å². The Hall–Kier alpha value is -2.38. The first-order chi connectivity index (χ1) is 11.9.